The van der Waals surface area contributed by atoms with Gasteiger partial charge in [0.1, 0.15) is 0 Å². The zero-order valence-electron chi connectivity index (χ0n) is 33.0. The number of fused-ring (bicyclic) bond motifs is 7. The number of rotatable bonds is 8. The van der Waals surface area contributed by atoms with E-state index in [-0.39, 0.29) is 45.7 Å². The molecule has 1 unspecified atom stereocenters. The zero-order chi connectivity index (χ0) is 37.5. The van der Waals surface area contributed by atoms with Crippen LogP contribution in [0.4, 0.5) is 0 Å². The van der Waals surface area contributed by atoms with Gasteiger partial charge < -0.3 is 20.3 Å². The molecule has 0 radical (unpaired) electrons. The van der Waals surface area contributed by atoms with Crippen LogP contribution in [-0.2, 0) is 4.74 Å². The van der Waals surface area contributed by atoms with Gasteiger partial charge in [0.25, 0.3) is 0 Å². The number of hydrogen-bond donors (Lipinski definition) is 5. The number of benzene rings is 1. The standard InChI is InChI=1S/C43H68N2O6S/c1-38(2)31(29-8-10-30(11-9-29)37(47)51-7)14-17-39(3)34(38)16-18-41(5)35(39)13-12-32-36-33(42(6,48)28-46)15-19-43(36,21-20-40(32,41)4)44-22-23-45-24-26-52(49,50)27-25-45/h8-11,14,32-36,44,46,48-50H,12-13,15-28H2,1-7H3/t32-,33-,34+,35-,36+,39+,40-,41-,42?,43+/m1/s1. The summed E-state index contributed by atoms with van der Waals surface area (Å²) in [6, 6.07) is 8.01. The fourth-order valence-electron chi connectivity index (χ4n) is 14.2. The number of aliphatic hydroxyl groups excluding tert-OH is 1. The minimum absolute atomic E-state index is 0.00754. The number of nitrogens with zero attached hydrogens (tertiary/aromatic N) is 1. The van der Waals surface area contributed by atoms with E-state index in [0.717, 1.165) is 51.9 Å². The smallest absolute Gasteiger partial charge is 0.337 e. The first kappa shape index (κ1) is 38.8. The van der Waals surface area contributed by atoms with Crippen LogP contribution >= 0.6 is 10.6 Å². The molecule has 0 bridgehead atoms. The predicted molar refractivity (Wildman–Crippen MR) is 210 cm³/mol. The van der Waals surface area contributed by atoms with Crippen LogP contribution in [0.15, 0.2) is 30.3 Å². The minimum Gasteiger partial charge on any atom is -0.465 e. The second kappa shape index (κ2) is 13.3. The normalized spacial score (nSPS) is 42.8. The topological polar surface area (TPSA) is 122 Å². The molecule has 4 saturated carbocycles. The quantitative estimate of drug-likeness (QED) is 0.172. The van der Waals surface area contributed by atoms with E-state index >= 15 is 0 Å². The molecule has 292 valence electrons. The molecule has 5 fully saturated rings. The van der Waals surface area contributed by atoms with E-state index in [0.29, 0.717) is 40.7 Å². The first-order chi connectivity index (χ1) is 24.4. The molecular weight excluding hydrogens is 673 g/mol. The van der Waals surface area contributed by atoms with Crippen molar-refractivity contribution in [3.05, 3.63) is 41.5 Å². The summed E-state index contributed by atoms with van der Waals surface area (Å²) in [6.07, 6.45) is 12.6. The molecule has 5 aliphatic carbocycles. The van der Waals surface area contributed by atoms with Crippen LogP contribution in [0.5, 0.6) is 0 Å². The summed E-state index contributed by atoms with van der Waals surface area (Å²) in [4.78, 5) is 14.5. The Morgan fingerprint density at radius 3 is 2.29 bits per heavy atom. The van der Waals surface area contributed by atoms with Crippen molar-refractivity contribution in [2.45, 2.75) is 110 Å². The van der Waals surface area contributed by atoms with Crippen molar-refractivity contribution in [3.8, 4) is 0 Å². The van der Waals surface area contributed by atoms with Gasteiger partial charge in [-0.2, -0.15) is 10.6 Å². The Morgan fingerprint density at radius 2 is 1.63 bits per heavy atom. The van der Waals surface area contributed by atoms with Crippen LogP contribution in [0.2, 0.25) is 0 Å². The Hall–Kier alpha value is -1.46. The van der Waals surface area contributed by atoms with Crippen molar-refractivity contribution in [2.75, 3.05) is 51.4 Å². The zero-order valence-corrected chi connectivity index (χ0v) is 33.9. The third-order valence-electron chi connectivity index (χ3n) is 17.1. The summed E-state index contributed by atoms with van der Waals surface area (Å²) in [6.45, 7) is 17.7. The van der Waals surface area contributed by atoms with E-state index in [1.165, 1.54) is 50.4 Å². The molecule has 1 aromatic carbocycles. The Bertz CT molecular complexity index is 1530. The van der Waals surface area contributed by atoms with E-state index in [2.05, 4.69) is 63.0 Å². The van der Waals surface area contributed by atoms with Gasteiger partial charge in [0.2, 0.25) is 0 Å². The molecule has 52 heavy (non-hydrogen) atoms. The summed E-state index contributed by atoms with van der Waals surface area (Å²) in [5.74, 6) is 2.62. The molecule has 9 heteroatoms. The minimum atomic E-state index is -2.41. The Labute approximate surface area is 314 Å². The number of nitrogens with one attached hydrogen (secondary N) is 1. The molecular formula is C43H68N2O6S. The summed E-state index contributed by atoms with van der Waals surface area (Å²) in [5.41, 5.74) is 2.51. The molecule has 8 nitrogen and oxygen atoms in total. The van der Waals surface area contributed by atoms with Gasteiger partial charge >= 0.3 is 5.97 Å². The van der Waals surface area contributed by atoms with Crippen molar-refractivity contribution >= 4 is 22.1 Å². The molecule has 0 amide bonds. The molecule has 10 atom stereocenters. The SMILES string of the molecule is COC(=O)c1ccc(C2=CC[C@]3(C)[C@H]4CC[C@@H]5[C@H]6[C@H](C(C)(O)CO)CC[C@]6(NCCN6CCS(O)(O)CC6)CC[C@@]5(C)[C@]4(C)CC[C@H]3C2(C)C)cc1. The lowest BCUT2D eigenvalue weighted by molar-refractivity contribution is -0.227. The van der Waals surface area contributed by atoms with Crippen LogP contribution in [0.1, 0.15) is 115 Å². The first-order valence-corrected chi connectivity index (χ1v) is 22.2. The number of hydrogen-bond acceptors (Lipinski definition) is 8. The molecule has 7 rings (SSSR count). The average Bonchev–Trinajstić information content (AvgIpc) is 3.49. The lowest BCUT2D eigenvalue weighted by Gasteiger charge is -2.72. The highest BCUT2D eigenvalue weighted by molar-refractivity contribution is 8.24. The van der Waals surface area contributed by atoms with Gasteiger partial charge in [-0.15, -0.1) is 0 Å². The van der Waals surface area contributed by atoms with Crippen molar-refractivity contribution < 1.29 is 28.8 Å². The maximum Gasteiger partial charge on any atom is 0.337 e. The van der Waals surface area contributed by atoms with Crippen molar-refractivity contribution in [1.29, 1.82) is 0 Å². The van der Waals surface area contributed by atoms with Crippen LogP contribution in [-0.4, -0.2) is 92.7 Å². The largest absolute Gasteiger partial charge is 0.465 e. The Balaban J connectivity index is 1.16. The van der Waals surface area contributed by atoms with Gasteiger partial charge in [-0.1, -0.05) is 52.8 Å². The number of aliphatic hydroxyl groups is 2. The highest BCUT2D eigenvalue weighted by Crippen LogP contribution is 2.76. The summed E-state index contributed by atoms with van der Waals surface area (Å²) in [7, 11) is -0.979. The summed E-state index contributed by atoms with van der Waals surface area (Å²) >= 11 is 0. The van der Waals surface area contributed by atoms with Gasteiger partial charge in [0, 0.05) is 31.7 Å². The van der Waals surface area contributed by atoms with Gasteiger partial charge in [-0.05, 0) is 139 Å². The van der Waals surface area contributed by atoms with Crippen molar-refractivity contribution in [1.82, 2.24) is 10.2 Å². The average molecular weight is 741 g/mol. The molecule has 0 spiro atoms. The van der Waals surface area contributed by atoms with Gasteiger partial charge in [0.05, 0.1) is 36.4 Å². The molecule has 5 N–H and O–H groups in total. The molecule has 0 aromatic heterocycles. The molecule has 1 aliphatic heterocycles. The lowest BCUT2D eigenvalue weighted by atomic mass is 9.32. The maximum atomic E-state index is 12.2. The number of carbonyl (C=O) groups excluding carboxylic acids is 1. The van der Waals surface area contributed by atoms with E-state index in [1.54, 1.807) is 0 Å². The van der Waals surface area contributed by atoms with E-state index < -0.39 is 16.2 Å². The van der Waals surface area contributed by atoms with E-state index in [1.807, 2.05) is 19.1 Å². The van der Waals surface area contributed by atoms with Crippen molar-refractivity contribution in [2.24, 2.45) is 51.2 Å². The second-order valence-corrected chi connectivity index (χ2v) is 22.0. The number of ether oxygens (including phenoxy) is 1. The van der Waals surface area contributed by atoms with E-state index in [9.17, 15) is 24.1 Å². The van der Waals surface area contributed by atoms with Crippen LogP contribution in [0.25, 0.3) is 5.57 Å². The first-order valence-electron chi connectivity index (χ1n) is 20.3. The third-order valence-corrected chi connectivity index (χ3v) is 18.8. The number of esters is 1. The van der Waals surface area contributed by atoms with Gasteiger partial charge in [-0.3, -0.25) is 14.0 Å². The van der Waals surface area contributed by atoms with Gasteiger partial charge in [0.15, 0.2) is 0 Å². The highest BCUT2D eigenvalue weighted by atomic mass is 32.3. The fraction of sp³-hybridized carbons (Fsp3) is 0.791. The van der Waals surface area contributed by atoms with Crippen LogP contribution in [0.3, 0.4) is 0 Å². The Morgan fingerprint density at radius 1 is 0.942 bits per heavy atom. The van der Waals surface area contributed by atoms with E-state index in [4.69, 9.17) is 4.74 Å². The van der Waals surface area contributed by atoms with Crippen LogP contribution < -0.4 is 5.32 Å². The number of methoxy groups -OCH3 is 1. The number of allylic oxidation sites excluding steroid dienone is 2. The predicted octanol–water partition coefficient (Wildman–Crippen LogP) is 7.70. The van der Waals surface area contributed by atoms with Crippen LogP contribution in [0, 0.1) is 51.2 Å². The maximum absolute atomic E-state index is 12.2. The molecule has 1 aromatic rings. The van der Waals surface area contributed by atoms with Crippen molar-refractivity contribution in [3.63, 3.8) is 0 Å². The van der Waals surface area contributed by atoms with Gasteiger partial charge in [-0.25, -0.2) is 4.79 Å². The summed E-state index contributed by atoms with van der Waals surface area (Å²) in [5, 5.41) is 26.5. The summed E-state index contributed by atoms with van der Waals surface area (Å²) < 4.78 is 25.2. The second-order valence-electron chi connectivity index (χ2n) is 19.6. The molecule has 1 saturated heterocycles. The number of carbonyl (C=O) groups is 1. The fourth-order valence-corrected chi connectivity index (χ4v) is 15.5. The molecule has 6 aliphatic rings. The Kier molecular flexibility index (Phi) is 9.95. The monoisotopic (exact) mass is 740 g/mol. The molecule has 1 heterocycles. The third kappa shape index (κ3) is 5.97. The lowest BCUT2D eigenvalue weighted by Crippen LogP contribution is -2.69. The highest BCUT2D eigenvalue weighted by Gasteiger charge is 2.71.